The number of fused-ring (bicyclic) bond motifs is 1. The van der Waals surface area contributed by atoms with Crippen LogP contribution in [-0.2, 0) is 4.79 Å². The molecule has 0 unspecified atom stereocenters. The second-order valence-electron chi connectivity index (χ2n) is 3.61. The van der Waals surface area contributed by atoms with Gasteiger partial charge in [0.05, 0.1) is 0 Å². The van der Waals surface area contributed by atoms with Crippen LogP contribution in [0.1, 0.15) is 0 Å². The molecule has 0 aliphatic rings. The molecule has 0 atom stereocenters. The van der Waals surface area contributed by atoms with Crippen LogP contribution in [0, 0.1) is 0 Å². The molecule has 0 radical (unpaired) electrons. The molecule has 4 heteroatoms. The van der Waals surface area contributed by atoms with Crippen LogP contribution in [0.25, 0.3) is 10.9 Å². The number of hydrogen-bond acceptors (Lipinski definition) is 2. The van der Waals surface area contributed by atoms with Gasteiger partial charge in [0.2, 0.25) is 0 Å². The Hall–Kier alpha value is -2.23. The number of carbonyl (C=O) groups is 1. The minimum absolute atomic E-state index is 0.0176. The second kappa shape index (κ2) is 5.21. The summed E-state index contributed by atoms with van der Waals surface area (Å²) in [7, 11) is 0. The molecule has 0 aliphatic heterocycles. The number of hydrogen-bond donors (Lipinski definition) is 2. The van der Waals surface area contributed by atoms with E-state index in [1.54, 1.807) is 6.08 Å². The van der Waals surface area contributed by atoms with E-state index >= 15 is 0 Å². The van der Waals surface area contributed by atoms with Crippen molar-refractivity contribution < 1.29 is 9.53 Å². The average Bonchev–Trinajstić information content (AvgIpc) is 2.81. The number of amides is 1. The van der Waals surface area contributed by atoms with Gasteiger partial charge in [-0.1, -0.05) is 6.08 Å². The topological polar surface area (TPSA) is 54.1 Å². The highest BCUT2D eigenvalue weighted by Crippen LogP contribution is 2.19. The number of rotatable bonds is 5. The first-order valence-electron chi connectivity index (χ1n) is 5.37. The van der Waals surface area contributed by atoms with Crippen molar-refractivity contribution >= 4 is 16.8 Å². The Kier molecular flexibility index (Phi) is 3.45. The molecule has 17 heavy (non-hydrogen) atoms. The maximum absolute atomic E-state index is 11.3. The third-order valence-corrected chi connectivity index (χ3v) is 2.34. The summed E-state index contributed by atoms with van der Waals surface area (Å²) in [5.74, 6) is 0.532. The predicted molar refractivity (Wildman–Crippen MR) is 67.0 cm³/mol. The van der Waals surface area contributed by atoms with Gasteiger partial charge in [0.25, 0.3) is 5.91 Å². The van der Waals surface area contributed by atoms with Crippen molar-refractivity contribution in [3.63, 3.8) is 0 Å². The highest BCUT2D eigenvalue weighted by molar-refractivity contribution is 5.81. The highest BCUT2D eigenvalue weighted by Gasteiger charge is 2.02. The normalized spacial score (nSPS) is 10.1. The van der Waals surface area contributed by atoms with Gasteiger partial charge in [0, 0.05) is 23.6 Å². The Morgan fingerprint density at radius 2 is 2.35 bits per heavy atom. The lowest BCUT2D eigenvalue weighted by Gasteiger charge is -2.06. The fourth-order valence-electron chi connectivity index (χ4n) is 1.51. The number of benzene rings is 1. The number of carbonyl (C=O) groups excluding carboxylic acids is 1. The number of ether oxygens (including phenoxy) is 1. The third-order valence-electron chi connectivity index (χ3n) is 2.34. The SMILES string of the molecule is C=CCNC(=O)COc1ccc2[nH]ccc2c1. The van der Waals surface area contributed by atoms with Crippen molar-refractivity contribution in [3.05, 3.63) is 43.1 Å². The molecule has 0 fully saturated rings. The lowest BCUT2D eigenvalue weighted by Crippen LogP contribution is -2.28. The maximum atomic E-state index is 11.3. The van der Waals surface area contributed by atoms with Gasteiger partial charge in [-0.05, 0) is 24.3 Å². The van der Waals surface area contributed by atoms with Crippen LogP contribution < -0.4 is 10.1 Å². The van der Waals surface area contributed by atoms with Gasteiger partial charge in [-0.2, -0.15) is 0 Å². The van der Waals surface area contributed by atoms with Crippen LogP contribution >= 0.6 is 0 Å². The Bertz CT molecular complexity index is 531. The minimum Gasteiger partial charge on any atom is -0.484 e. The van der Waals surface area contributed by atoms with Crippen molar-refractivity contribution in [1.29, 1.82) is 0 Å². The average molecular weight is 230 g/mol. The van der Waals surface area contributed by atoms with Crippen LogP contribution in [0.3, 0.4) is 0 Å². The maximum Gasteiger partial charge on any atom is 0.258 e. The van der Waals surface area contributed by atoms with E-state index in [2.05, 4.69) is 16.9 Å². The van der Waals surface area contributed by atoms with Crippen LogP contribution in [-0.4, -0.2) is 24.0 Å². The highest BCUT2D eigenvalue weighted by atomic mass is 16.5. The van der Waals surface area contributed by atoms with Crippen molar-refractivity contribution in [1.82, 2.24) is 10.3 Å². The van der Waals surface area contributed by atoms with Crippen LogP contribution in [0.4, 0.5) is 0 Å². The zero-order chi connectivity index (χ0) is 12.1. The molecule has 0 saturated heterocycles. The molecular weight excluding hydrogens is 216 g/mol. The van der Waals surface area contributed by atoms with Crippen molar-refractivity contribution in [3.8, 4) is 5.75 Å². The van der Waals surface area contributed by atoms with Crippen LogP contribution in [0.5, 0.6) is 5.75 Å². The summed E-state index contributed by atoms with van der Waals surface area (Å²) in [4.78, 5) is 14.4. The first-order valence-corrected chi connectivity index (χ1v) is 5.37. The summed E-state index contributed by atoms with van der Waals surface area (Å²) < 4.78 is 5.38. The molecule has 0 saturated carbocycles. The van der Waals surface area contributed by atoms with Gasteiger partial charge in [-0.3, -0.25) is 4.79 Å². The standard InChI is InChI=1S/C13H14N2O2/c1-2-6-15-13(16)9-17-11-3-4-12-10(8-11)5-7-14-12/h2-5,7-8,14H,1,6,9H2,(H,15,16). The molecule has 0 bridgehead atoms. The summed E-state index contributed by atoms with van der Waals surface area (Å²) in [5, 5.41) is 3.71. The fraction of sp³-hybridized carbons (Fsp3) is 0.154. The first-order chi connectivity index (χ1) is 8.29. The molecule has 88 valence electrons. The van der Waals surface area contributed by atoms with Gasteiger partial charge >= 0.3 is 0 Å². The number of aromatic nitrogens is 1. The summed E-state index contributed by atoms with van der Waals surface area (Å²) in [5.41, 5.74) is 1.05. The molecule has 2 rings (SSSR count). The van der Waals surface area contributed by atoms with E-state index in [0.717, 1.165) is 10.9 Å². The van der Waals surface area contributed by atoms with E-state index in [0.29, 0.717) is 12.3 Å². The van der Waals surface area contributed by atoms with Gasteiger partial charge in [0.15, 0.2) is 6.61 Å². The zero-order valence-electron chi connectivity index (χ0n) is 9.40. The lowest BCUT2D eigenvalue weighted by molar-refractivity contribution is -0.122. The molecule has 1 amide bonds. The lowest BCUT2D eigenvalue weighted by atomic mass is 10.2. The minimum atomic E-state index is -0.154. The predicted octanol–water partition coefficient (Wildman–Crippen LogP) is 1.85. The van der Waals surface area contributed by atoms with Crippen LogP contribution in [0.15, 0.2) is 43.1 Å². The molecule has 4 nitrogen and oxygen atoms in total. The molecule has 0 spiro atoms. The summed E-state index contributed by atoms with van der Waals surface area (Å²) in [6, 6.07) is 7.61. The zero-order valence-corrected chi connectivity index (χ0v) is 9.40. The van der Waals surface area contributed by atoms with Crippen LogP contribution in [0.2, 0.25) is 0 Å². The summed E-state index contributed by atoms with van der Waals surface area (Å²) in [6.45, 7) is 4.00. The monoisotopic (exact) mass is 230 g/mol. The number of H-pyrrole nitrogens is 1. The van der Waals surface area contributed by atoms with Gasteiger partial charge in [-0.15, -0.1) is 6.58 Å². The molecular formula is C13H14N2O2. The Balaban J connectivity index is 1.94. The van der Waals surface area contributed by atoms with E-state index in [9.17, 15) is 4.79 Å². The van der Waals surface area contributed by atoms with E-state index in [1.165, 1.54) is 0 Å². The fourth-order valence-corrected chi connectivity index (χ4v) is 1.51. The van der Waals surface area contributed by atoms with E-state index in [1.807, 2.05) is 30.5 Å². The molecule has 2 N–H and O–H groups in total. The van der Waals surface area contributed by atoms with E-state index < -0.39 is 0 Å². The second-order valence-corrected chi connectivity index (χ2v) is 3.61. The van der Waals surface area contributed by atoms with E-state index in [4.69, 9.17) is 4.74 Å². The summed E-state index contributed by atoms with van der Waals surface area (Å²) in [6.07, 6.45) is 3.50. The molecule has 1 heterocycles. The smallest absolute Gasteiger partial charge is 0.258 e. The van der Waals surface area contributed by atoms with Gasteiger partial charge < -0.3 is 15.0 Å². The summed E-state index contributed by atoms with van der Waals surface area (Å²) >= 11 is 0. The van der Waals surface area contributed by atoms with Gasteiger partial charge in [0.1, 0.15) is 5.75 Å². The number of aromatic amines is 1. The first kappa shape index (κ1) is 11.3. The molecule has 0 aliphatic carbocycles. The van der Waals surface area contributed by atoms with Crippen molar-refractivity contribution in [2.24, 2.45) is 0 Å². The van der Waals surface area contributed by atoms with Crippen molar-refractivity contribution in [2.75, 3.05) is 13.2 Å². The van der Waals surface area contributed by atoms with Gasteiger partial charge in [-0.25, -0.2) is 0 Å². The third kappa shape index (κ3) is 2.87. The Labute approximate surface area is 99.3 Å². The quantitative estimate of drug-likeness (QED) is 0.770. The Morgan fingerprint density at radius 1 is 1.47 bits per heavy atom. The number of nitrogens with one attached hydrogen (secondary N) is 2. The largest absolute Gasteiger partial charge is 0.484 e. The molecule has 1 aromatic heterocycles. The van der Waals surface area contributed by atoms with Crippen molar-refractivity contribution in [2.45, 2.75) is 0 Å². The molecule has 2 aromatic rings. The van der Waals surface area contributed by atoms with E-state index in [-0.39, 0.29) is 12.5 Å². The Morgan fingerprint density at radius 3 is 3.18 bits per heavy atom. The molecule has 1 aromatic carbocycles.